The van der Waals surface area contributed by atoms with Crippen molar-refractivity contribution in [2.24, 2.45) is 23.7 Å². The van der Waals surface area contributed by atoms with E-state index in [9.17, 15) is 14.4 Å². The number of nitrogens with one attached hydrogen (secondary N) is 1. The van der Waals surface area contributed by atoms with Crippen LogP contribution in [0.5, 0.6) is 0 Å². The number of fused-ring (bicyclic) bond motifs is 5. The van der Waals surface area contributed by atoms with E-state index >= 15 is 0 Å². The van der Waals surface area contributed by atoms with E-state index in [1.165, 1.54) is 10.5 Å². The monoisotopic (exact) mass is 420 g/mol. The van der Waals surface area contributed by atoms with E-state index in [4.69, 9.17) is 11.6 Å². The zero-order chi connectivity index (χ0) is 21.2. The minimum atomic E-state index is -0.277. The molecule has 5 nitrogen and oxygen atoms in total. The van der Waals surface area contributed by atoms with Crippen LogP contribution in [-0.2, 0) is 9.59 Å². The summed E-state index contributed by atoms with van der Waals surface area (Å²) in [6.45, 7) is 3.89. The van der Waals surface area contributed by atoms with Crippen LogP contribution in [0.2, 0.25) is 5.02 Å². The number of anilines is 2. The van der Waals surface area contributed by atoms with Crippen molar-refractivity contribution >= 4 is 40.7 Å². The van der Waals surface area contributed by atoms with Crippen molar-refractivity contribution in [3.05, 3.63) is 70.3 Å². The molecule has 1 saturated heterocycles. The highest BCUT2D eigenvalue weighted by Gasteiger charge is 2.60. The number of allylic oxidation sites excluding steroid dienone is 2. The van der Waals surface area contributed by atoms with Crippen molar-refractivity contribution in [2.75, 3.05) is 10.2 Å². The van der Waals surface area contributed by atoms with Crippen molar-refractivity contribution < 1.29 is 14.4 Å². The summed E-state index contributed by atoms with van der Waals surface area (Å²) in [6.07, 6.45) is 3.07. The molecule has 1 heterocycles. The topological polar surface area (TPSA) is 66.5 Å². The molecule has 2 aliphatic carbocycles. The molecule has 30 heavy (non-hydrogen) atoms. The Morgan fingerprint density at radius 1 is 1.03 bits per heavy atom. The molecule has 2 bridgehead atoms. The van der Waals surface area contributed by atoms with Gasteiger partial charge in [0, 0.05) is 16.3 Å². The number of benzene rings is 2. The van der Waals surface area contributed by atoms with Gasteiger partial charge in [-0.25, -0.2) is 0 Å². The zero-order valence-electron chi connectivity index (χ0n) is 16.7. The first-order valence-electron chi connectivity index (χ1n) is 10.1. The number of amides is 3. The molecule has 3 amide bonds. The Morgan fingerprint density at radius 3 is 2.47 bits per heavy atom. The Labute approximate surface area is 179 Å². The lowest BCUT2D eigenvalue weighted by molar-refractivity contribution is -0.123. The largest absolute Gasteiger partial charge is 0.322 e. The third kappa shape index (κ3) is 2.72. The first kappa shape index (κ1) is 19.1. The molecule has 0 aromatic heterocycles. The number of carbonyl (C=O) groups is 3. The van der Waals surface area contributed by atoms with E-state index < -0.39 is 0 Å². The van der Waals surface area contributed by atoms with Crippen LogP contribution in [0, 0.1) is 30.6 Å². The second kappa shape index (κ2) is 6.81. The van der Waals surface area contributed by atoms with Crippen molar-refractivity contribution in [1.29, 1.82) is 0 Å². The van der Waals surface area contributed by atoms with Crippen LogP contribution in [0.15, 0.2) is 54.1 Å². The van der Waals surface area contributed by atoms with Gasteiger partial charge in [-0.2, -0.15) is 0 Å². The van der Waals surface area contributed by atoms with Crippen LogP contribution >= 0.6 is 11.6 Å². The number of imide groups is 1. The zero-order valence-corrected chi connectivity index (χ0v) is 17.4. The molecule has 6 heteroatoms. The molecule has 2 fully saturated rings. The summed E-state index contributed by atoms with van der Waals surface area (Å²) in [5, 5.41) is 3.44. The molecule has 0 unspecified atom stereocenters. The summed E-state index contributed by atoms with van der Waals surface area (Å²) in [5.41, 5.74) is 3.63. The summed E-state index contributed by atoms with van der Waals surface area (Å²) in [4.78, 5) is 40.0. The van der Waals surface area contributed by atoms with E-state index in [0.717, 1.165) is 12.0 Å². The smallest absolute Gasteiger partial charge is 0.255 e. The fraction of sp³-hybridized carbons (Fsp3) is 0.292. The second-order valence-corrected chi connectivity index (χ2v) is 8.80. The van der Waals surface area contributed by atoms with Gasteiger partial charge in [-0.1, -0.05) is 29.3 Å². The highest BCUT2D eigenvalue weighted by molar-refractivity contribution is 6.31. The number of rotatable bonds is 3. The van der Waals surface area contributed by atoms with Crippen LogP contribution in [0.1, 0.15) is 29.3 Å². The fourth-order valence-electron chi connectivity index (χ4n) is 5.23. The molecular formula is C24H21ClN2O3. The summed E-state index contributed by atoms with van der Waals surface area (Å²) in [7, 11) is 0. The van der Waals surface area contributed by atoms with Crippen LogP contribution in [0.25, 0.3) is 0 Å². The molecule has 2 aromatic rings. The van der Waals surface area contributed by atoms with Gasteiger partial charge in [0.1, 0.15) is 0 Å². The molecule has 1 saturated carbocycles. The third-order valence-corrected chi connectivity index (χ3v) is 7.19. The molecule has 5 rings (SSSR count). The maximum Gasteiger partial charge on any atom is 0.255 e. The van der Waals surface area contributed by atoms with Crippen LogP contribution in [-0.4, -0.2) is 17.7 Å². The first-order chi connectivity index (χ1) is 14.4. The van der Waals surface area contributed by atoms with Gasteiger partial charge in [0.25, 0.3) is 5.91 Å². The minimum absolute atomic E-state index is 0.114. The van der Waals surface area contributed by atoms with Gasteiger partial charge in [-0.05, 0) is 74.1 Å². The highest BCUT2D eigenvalue weighted by Crippen LogP contribution is 2.55. The van der Waals surface area contributed by atoms with Gasteiger partial charge in [-0.3, -0.25) is 19.3 Å². The van der Waals surface area contributed by atoms with E-state index in [2.05, 4.69) is 18.3 Å². The Bertz CT molecular complexity index is 1120. The summed E-state index contributed by atoms with van der Waals surface area (Å²) >= 11 is 6.11. The predicted octanol–water partition coefficient (Wildman–Crippen LogP) is 4.60. The first-order valence-corrected chi connectivity index (χ1v) is 10.5. The van der Waals surface area contributed by atoms with Crippen molar-refractivity contribution in [2.45, 2.75) is 20.3 Å². The van der Waals surface area contributed by atoms with Gasteiger partial charge in [-0.15, -0.1) is 0 Å². The van der Waals surface area contributed by atoms with Gasteiger partial charge >= 0.3 is 0 Å². The maximum atomic E-state index is 13.0. The average Bonchev–Trinajstić information content (AvgIpc) is 3.36. The summed E-state index contributed by atoms with van der Waals surface area (Å²) in [5.74, 6) is -0.619. The molecule has 3 aliphatic rings. The normalized spacial score (nSPS) is 26.8. The minimum Gasteiger partial charge on any atom is -0.322 e. The fourth-order valence-corrected chi connectivity index (χ4v) is 5.40. The number of hydrogen-bond acceptors (Lipinski definition) is 3. The third-order valence-electron chi connectivity index (χ3n) is 6.78. The summed E-state index contributed by atoms with van der Waals surface area (Å²) in [6, 6.07) is 11.9. The van der Waals surface area contributed by atoms with Gasteiger partial charge in [0.05, 0.1) is 17.5 Å². The van der Waals surface area contributed by atoms with Crippen molar-refractivity contribution in [3.8, 4) is 0 Å². The number of carbonyl (C=O) groups excluding carboxylic acids is 3. The Hall–Kier alpha value is -2.92. The maximum absolute atomic E-state index is 13.0. The number of nitrogens with zero attached hydrogens (tertiary/aromatic N) is 1. The molecule has 4 atom stereocenters. The Morgan fingerprint density at radius 2 is 1.73 bits per heavy atom. The van der Waals surface area contributed by atoms with E-state index in [1.807, 2.05) is 6.92 Å². The van der Waals surface area contributed by atoms with Crippen molar-refractivity contribution in [1.82, 2.24) is 0 Å². The van der Waals surface area contributed by atoms with Gasteiger partial charge in [0.2, 0.25) is 11.8 Å². The molecule has 152 valence electrons. The average molecular weight is 421 g/mol. The Balaban J connectivity index is 1.36. The second-order valence-electron chi connectivity index (χ2n) is 8.39. The standard InChI is InChI=1S/C24H21ClN2O3/c1-12-10-15-11-17(12)21-20(15)23(29)27(24(21)30)16-8-6-14(7-9-16)22(28)26-19-5-3-4-18(25)13(19)2/h3-10,15,17,20-21H,11H2,1-2H3,(H,26,28)/t15-,17+,20-,21+/m1/s1. The SMILES string of the molecule is CC1=C[C@@H]2C[C@@H]1[C@@H]1C(=O)N(c3ccc(C(=O)Nc4cccc(Cl)c4C)cc3)C(=O)[C@@H]12. The lowest BCUT2D eigenvalue weighted by Crippen LogP contribution is -2.33. The number of hydrogen-bond donors (Lipinski definition) is 1. The van der Waals surface area contributed by atoms with E-state index in [0.29, 0.717) is 22.0 Å². The van der Waals surface area contributed by atoms with E-state index in [-0.39, 0.29) is 41.4 Å². The van der Waals surface area contributed by atoms with Crippen molar-refractivity contribution in [3.63, 3.8) is 0 Å². The van der Waals surface area contributed by atoms with Crippen LogP contribution < -0.4 is 10.2 Å². The molecular weight excluding hydrogens is 400 g/mol. The van der Waals surface area contributed by atoms with Crippen LogP contribution in [0.4, 0.5) is 11.4 Å². The predicted molar refractivity (Wildman–Crippen MR) is 115 cm³/mol. The highest BCUT2D eigenvalue weighted by atomic mass is 35.5. The molecule has 0 radical (unpaired) electrons. The number of halogens is 1. The lowest BCUT2D eigenvalue weighted by Gasteiger charge is -2.19. The molecule has 1 N–H and O–H groups in total. The lowest BCUT2D eigenvalue weighted by atomic mass is 9.82. The quantitative estimate of drug-likeness (QED) is 0.582. The van der Waals surface area contributed by atoms with E-state index in [1.54, 1.807) is 42.5 Å². The van der Waals surface area contributed by atoms with Gasteiger partial charge in [0.15, 0.2) is 0 Å². The summed E-state index contributed by atoms with van der Waals surface area (Å²) < 4.78 is 0. The molecule has 1 aliphatic heterocycles. The van der Waals surface area contributed by atoms with Crippen LogP contribution in [0.3, 0.4) is 0 Å². The molecule has 2 aromatic carbocycles. The van der Waals surface area contributed by atoms with Gasteiger partial charge < -0.3 is 5.32 Å². The Kier molecular flexibility index (Phi) is 4.33. The molecule has 0 spiro atoms.